The topological polar surface area (TPSA) is 72.3 Å². The quantitative estimate of drug-likeness (QED) is 0.927. The Balaban J connectivity index is 2.18. The van der Waals surface area contributed by atoms with E-state index >= 15 is 0 Å². The van der Waals surface area contributed by atoms with Crippen LogP contribution < -0.4 is 4.74 Å². The van der Waals surface area contributed by atoms with Gasteiger partial charge in [0.05, 0.1) is 17.4 Å². The zero-order valence-corrected chi connectivity index (χ0v) is 9.56. The van der Waals surface area contributed by atoms with Gasteiger partial charge in [-0.15, -0.1) is 0 Å². The number of hydrogen-bond donors (Lipinski definition) is 1. The number of hydrogen-bond acceptors (Lipinski definition) is 4. The van der Waals surface area contributed by atoms with Gasteiger partial charge in [0.2, 0.25) is 5.88 Å². The normalized spacial score (nSPS) is 10.1. The molecule has 0 amide bonds. The summed E-state index contributed by atoms with van der Waals surface area (Å²) in [5.41, 5.74) is -0.195. The average Bonchev–Trinajstić information content (AvgIpc) is 2.34. The summed E-state index contributed by atoms with van der Waals surface area (Å²) >= 11 is 5.58. The van der Waals surface area contributed by atoms with Crippen molar-refractivity contribution in [1.82, 2.24) is 9.97 Å². The number of carboxylic acids is 1. The van der Waals surface area contributed by atoms with Gasteiger partial charge in [0.1, 0.15) is 11.6 Å². The molecule has 1 heterocycles. The molecule has 1 aromatic carbocycles. The summed E-state index contributed by atoms with van der Waals surface area (Å²) < 4.78 is 18.1. The fourth-order valence-corrected chi connectivity index (χ4v) is 1.31. The molecule has 2 rings (SSSR count). The number of nitrogens with zero attached hydrogens (tertiary/aromatic N) is 2. The zero-order chi connectivity index (χ0) is 13.1. The molecule has 1 aromatic heterocycles. The molecule has 92 valence electrons. The van der Waals surface area contributed by atoms with Crippen molar-refractivity contribution in [3.63, 3.8) is 0 Å². The summed E-state index contributed by atoms with van der Waals surface area (Å²) in [6.45, 7) is 0. The Bertz CT molecular complexity index is 589. The Labute approximate surface area is 106 Å². The fourth-order valence-electron chi connectivity index (χ4n) is 1.14. The van der Waals surface area contributed by atoms with Gasteiger partial charge in [0.25, 0.3) is 0 Å². The van der Waals surface area contributed by atoms with Crippen LogP contribution in [0.5, 0.6) is 11.6 Å². The molecule has 1 N–H and O–H groups in total. The molecule has 0 saturated heterocycles. The van der Waals surface area contributed by atoms with Crippen LogP contribution in [0.2, 0.25) is 5.02 Å². The highest BCUT2D eigenvalue weighted by molar-refractivity contribution is 6.30. The number of halogens is 2. The third-order valence-corrected chi connectivity index (χ3v) is 2.25. The van der Waals surface area contributed by atoms with Gasteiger partial charge in [-0.05, 0) is 12.1 Å². The molecular formula is C11H6ClFN2O3. The summed E-state index contributed by atoms with van der Waals surface area (Å²) in [6, 6.07) is 3.80. The second-order valence-corrected chi connectivity index (χ2v) is 3.63. The minimum atomic E-state index is -1.18. The number of ether oxygens (including phenoxy) is 1. The minimum Gasteiger partial charge on any atom is -0.476 e. The first-order valence-corrected chi connectivity index (χ1v) is 5.12. The predicted molar refractivity (Wildman–Crippen MR) is 60.5 cm³/mol. The predicted octanol–water partition coefficient (Wildman–Crippen LogP) is 2.76. The number of carboxylic acid groups (broad SMARTS) is 1. The lowest BCUT2D eigenvalue weighted by Gasteiger charge is -2.04. The van der Waals surface area contributed by atoms with E-state index in [4.69, 9.17) is 21.4 Å². The maximum absolute atomic E-state index is 12.9. The first-order chi connectivity index (χ1) is 8.56. The first-order valence-electron chi connectivity index (χ1n) is 4.74. The molecule has 0 bridgehead atoms. The third-order valence-electron chi connectivity index (χ3n) is 1.96. The number of rotatable bonds is 3. The highest BCUT2D eigenvalue weighted by Gasteiger charge is 2.07. The maximum Gasteiger partial charge on any atom is 0.356 e. The molecule has 0 atom stereocenters. The lowest BCUT2D eigenvalue weighted by molar-refractivity contribution is 0.0690. The molecule has 0 unspecified atom stereocenters. The largest absolute Gasteiger partial charge is 0.476 e. The Morgan fingerprint density at radius 3 is 2.67 bits per heavy atom. The Hall–Kier alpha value is -2.21. The van der Waals surface area contributed by atoms with Gasteiger partial charge in [0, 0.05) is 6.07 Å². The summed E-state index contributed by atoms with van der Waals surface area (Å²) in [5.74, 6) is -1.38. The minimum absolute atomic E-state index is 0.0809. The smallest absolute Gasteiger partial charge is 0.356 e. The van der Waals surface area contributed by atoms with E-state index in [0.717, 1.165) is 18.5 Å². The average molecular weight is 269 g/mol. The van der Waals surface area contributed by atoms with Crippen LogP contribution in [0.1, 0.15) is 10.5 Å². The zero-order valence-electron chi connectivity index (χ0n) is 8.80. The standard InChI is InChI=1S/C11H6ClFN2O3/c12-7-3-6(1-2-8(7)13)18-10-5-14-9(4-15-10)11(16)17/h1-5H,(H,16,17). The monoisotopic (exact) mass is 268 g/mol. The second kappa shape index (κ2) is 4.97. The summed E-state index contributed by atoms with van der Waals surface area (Å²) in [7, 11) is 0. The van der Waals surface area contributed by atoms with E-state index < -0.39 is 11.8 Å². The van der Waals surface area contributed by atoms with Crippen molar-refractivity contribution >= 4 is 17.6 Å². The van der Waals surface area contributed by atoms with Crippen LogP contribution in [0.3, 0.4) is 0 Å². The molecule has 0 radical (unpaired) electrons. The van der Waals surface area contributed by atoms with Crippen LogP contribution >= 0.6 is 11.6 Å². The van der Waals surface area contributed by atoms with Crippen LogP contribution in [0.4, 0.5) is 4.39 Å². The van der Waals surface area contributed by atoms with Crippen LogP contribution in [0.25, 0.3) is 0 Å². The van der Waals surface area contributed by atoms with Crippen LogP contribution in [-0.2, 0) is 0 Å². The molecule has 5 nitrogen and oxygen atoms in total. The molecule has 0 aliphatic rings. The molecule has 0 aliphatic heterocycles. The van der Waals surface area contributed by atoms with E-state index in [0.29, 0.717) is 0 Å². The second-order valence-electron chi connectivity index (χ2n) is 3.22. The molecular weight excluding hydrogens is 263 g/mol. The molecule has 0 fully saturated rings. The lowest BCUT2D eigenvalue weighted by Crippen LogP contribution is -2.01. The van der Waals surface area contributed by atoms with Crippen molar-refractivity contribution in [2.45, 2.75) is 0 Å². The Kier molecular flexibility index (Phi) is 3.38. The maximum atomic E-state index is 12.9. The summed E-state index contributed by atoms with van der Waals surface area (Å²) in [5, 5.41) is 8.55. The van der Waals surface area contributed by atoms with E-state index in [1.165, 1.54) is 12.1 Å². The molecule has 0 aliphatic carbocycles. The first kappa shape index (κ1) is 12.3. The van der Waals surface area contributed by atoms with Crippen molar-refractivity contribution < 1.29 is 19.0 Å². The van der Waals surface area contributed by atoms with Crippen LogP contribution in [-0.4, -0.2) is 21.0 Å². The highest BCUT2D eigenvalue weighted by Crippen LogP contribution is 2.24. The summed E-state index contributed by atoms with van der Waals surface area (Å²) in [6.07, 6.45) is 2.21. The Morgan fingerprint density at radius 2 is 2.11 bits per heavy atom. The number of aromatic nitrogens is 2. The molecule has 7 heteroatoms. The van der Waals surface area contributed by atoms with Gasteiger partial charge in [-0.25, -0.2) is 19.2 Å². The van der Waals surface area contributed by atoms with E-state index in [9.17, 15) is 9.18 Å². The van der Waals surface area contributed by atoms with Gasteiger partial charge in [0.15, 0.2) is 5.69 Å². The van der Waals surface area contributed by atoms with Crippen molar-refractivity contribution in [1.29, 1.82) is 0 Å². The van der Waals surface area contributed by atoms with E-state index in [1.54, 1.807) is 0 Å². The van der Waals surface area contributed by atoms with Crippen molar-refractivity contribution in [3.05, 3.63) is 47.1 Å². The van der Waals surface area contributed by atoms with Gasteiger partial charge < -0.3 is 9.84 Å². The fraction of sp³-hybridized carbons (Fsp3) is 0. The van der Waals surface area contributed by atoms with Crippen LogP contribution in [0.15, 0.2) is 30.6 Å². The SMILES string of the molecule is O=C(O)c1cnc(Oc2ccc(F)c(Cl)c2)cn1. The number of aromatic carboxylic acids is 1. The van der Waals surface area contributed by atoms with Gasteiger partial charge in [-0.1, -0.05) is 11.6 Å². The van der Waals surface area contributed by atoms with E-state index in [-0.39, 0.29) is 22.3 Å². The van der Waals surface area contributed by atoms with Crippen molar-refractivity contribution in [2.24, 2.45) is 0 Å². The summed E-state index contributed by atoms with van der Waals surface area (Å²) in [4.78, 5) is 17.9. The third kappa shape index (κ3) is 2.72. The number of carbonyl (C=O) groups is 1. The van der Waals surface area contributed by atoms with Crippen molar-refractivity contribution in [2.75, 3.05) is 0 Å². The van der Waals surface area contributed by atoms with Gasteiger partial charge in [-0.2, -0.15) is 0 Å². The van der Waals surface area contributed by atoms with Gasteiger partial charge >= 0.3 is 5.97 Å². The Morgan fingerprint density at radius 1 is 1.33 bits per heavy atom. The molecule has 0 saturated carbocycles. The lowest BCUT2D eigenvalue weighted by atomic mass is 10.3. The molecule has 0 spiro atoms. The van der Waals surface area contributed by atoms with E-state index in [2.05, 4.69) is 9.97 Å². The van der Waals surface area contributed by atoms with Crippen LogP contribution in [0, 0.1) is 5.82 Å². The number of benzene rings is 1. The highest BCUT2D eigenvalue weighted by atomic mass is 35.5. The molecule has 18 heavy (non-hydrogen) atoms. The van der Waals surface area contributed by atoms with Crippen molar-refractivity contribution in [3.8, 4) is 11.6 Å². The molecule has 2 aromatic rings. The van der Waals surface area contributed by atoms with E-state index in [1.807, 2.05) is 0 Å². The van der Waals surface area contributed by atoms with Gasteiger partial charge in [-0.3, -0.25) is 0 Å².